The first-order chi connectivity index (χ1) is 25.1. The largest absolute Gasteiger partial charge is 0.481 e. The molecule has 4 N–H and O–H groups in total. The van der Waals surface area contributed by atoms with Crippen LogP contribution in [0.1, 0.15) is 142 Å². The summed E-state index contributed by atoms with van der Waals surface area (Å²) in [7, 11) is 0. The summed E-state index contributed by atoms with van der Waals surface area (Å²) in [4.78, 5) is 69.5. The fraction of sp³-hybridized carbons (Fsp3) is 0.842. The van der Waals surface area contributed by atoms with Crippen LogP contribution in [0.3, 0.4) is 0 Å². The van der Waals surface area contributed by atoms with E-state index in [9.17, 15) is 33.9 Å². The van der Waals surface area contributed by atoms with Crippen molar-refractivity contribution in [3.63, 3.8) is 0 Å². The van der Waals surface area contributed by atoms with Crippen LogP contribution in [0.25, 0.3) is 0 Å². The Balaban J connectivity index is 3.66. The summed E-state index contributed by atoms with van der Waals surface area (Å²) in [6.45, 7) is 3.84. The monoisotopic (exact) mass is 744 g/mol. The molecule has 0 spiro atoms. The predicted octanol–water partition coefficient (Wildman–Crippen LogP) is 5.17. The van der Waals surface area contributed by atoms with Crippen LogP contribution in [0.15, 0.2) is 0 Å². The second-order valence-corrected chi connectivity index (χ2v) is 13.1. The number of amides is 2. The summed E-state index contributed by atoms with van der Waals surface area (Å²) >= 11 is 0. The lowest BCUT2D eigenvalue weighted by Crippen LogP contribution is -2.41. The Morgan fingerprint density at radius 3 is 1.54 bits per heavy atom. The predicted molar refractivity (Wildman–Crippen MR) is 196 cm³/mol. The Morgan fingerprint density at radius 2 is 1.00 bits per heavy atom. The molecule has 0 heterocycles. The first-order valence-corrected chi connectivity index (χ1v) is 19.5. The molecule has 2 amide bonds. The standard InChI is InChI=1S/C38H68N2O12/c1-2-32(41)30-51-28-27-50-25-23-39-36(44)31-52-29-26-49-24-17-18-33(42)21-22-34(38(47)48)40-35(43)19-15-13-11-9-7-5-3-4-6-8-10-12-14-16-20-37(45)46/h34H,2-31H2,1H3,(H,39,44)(H,40,43)(H,45,46)(H,47,48)/t34-/m0/s1. The van der Waals surface area contributed by atoms with Gasteiger partial charge in [0.1, 0.15) is 25.0 Å². The van der Waals surface area contributed by atoms with Gasteiger partial charge in [0.05, 0.1) is 33.0 Å². The molecule has 0 fully saturated rings. The van der Waals surface area contributed by atoms with Crippen molar-refractivity contribution < 1.29 is 57.9 Å². The van der Waals surface area contributed by atoms with Crippen molar-refractivity contribution in [1.29, 1.82) is 0 Å². The van der Waals surface area contributed by atoms with Crippen LogP contribution in [0.2, 0.25) is 0 Å². The van der Waals surface area contributed by atoms with Crippen molar-refractivity contribution in [2.45, 2.75) is 148 Å². The van der Waals surface area contributed by atoms with Gasteiger partial charge in [-0.25, -0.2) is 4.79 Å². The molecule has 0 saturated heterocycles. The van der Waals surface area contributed by atoms with Gasteiger partial charge in [-0.1, -0.05) is 84.0 Å². The van der Waals surface area contributed by atoms with Gasteiger partial charge in [-0.2, -0.15) is 0 Å². The zero-order chi connectivity index (χ0) is 38.5. The summed E-state index contributed by atoms with van der Waals surface area (Å²) in [6.07, 6.45) is 17.0. The lowest BCUT2D eigenvalue weighted by atomic mass is 10.0. The second kappa shape index (κ2) is 36.4. The molecule has 0 rings (SSSR count). The van der Waals surface area contributed by atoms with Gasteiger partial charge in [0.25, 0.3) is 0 Å². The molecule has 0 aromatic heterocycles. The minimum absolute atomic E-state index is 0.0363. The molecular formula is C38H68N2O12. The molecule has 14 nitrogen and oxygen atoms in total. The maximum absolute atomic E-state index is 12.3. The molecule has 0 unspecified atom stereocenters. The number of hydrogen-bond acceptors (Lipinski definition) is 10. The van der Waals surface area contributed by atoms with Crippen molar-refractivity contribution in [2.24, 2.45) is 0 Å². The number of carboxylic acids is 2. The SMILES string of the molecule is CCC(=O)COCCOCCNC(=O)COCCOCCCC(=O)CC[C@H](NC(=O)CCCCCCCCCCCCCCCCC(=O)O)C(=O)O. The third-order valence-electron chi connectivity index (χ3n) is 8.34. The topological polar surface area (TPSA) is 204 Å². The van der Waals surface area contributed by atoms with Gasteiger partial charge < -0.3 is 39.8 Å². The van der Waals surface area contributed by atoms with Crippen LogP contribution in [0.4, 0.5) is 0 Å². The van der Waals surface area contributed by atoms with Crippen molar-refractivity contribution in [1.82, 2.24) is 10.6 Å². The van der Waals surface area contributed by atoms with Crippen LogP contribution < -0.4 is 10.6 Å². The number of ether oxygens (including phenoxy) is 4. The number of carboxylic acid groups (broad SMARTS) is 2. The van der Waals surface area contributed by atoms with Crippen LogP contribution >= 0.6 is 0 Å². The van der Waals surface area contributed by atoms with Gasteiger partial charge in [-0.15, -0.1) is 0 Å². The van der Waals surface area contributed by atoms with Gasteiger partial charge in [-0.3, -0.25) is 24.0 Å². The summed E-state index contributed by atoms with van der Waals surface area (Å²) in [5, 5.41) is 23.4. The average molecular weight is 745 g/mol. The van der Waals surface area contributed by atoms with E-state index in [0.29, 0.717) is 52.2 Å². The third kappa shape index (κ3) is 35.5. The van der Waals surface area contributed by atoms with Crippen molar-refractivity contribution in [2.75, 3.05) is 59.4 Å². The molecule has 52 heavy (non-hydrogen) atoms. The Labute approximate surface area is 310 Å². The van der Waals surface area contributed by atoms with Crippen LogP contribution in [-0.4, -0.2) is 111 Å². The highest BCUT2D eigenvalue weighted by Crippen LogP contribution is 2.14. The number of unbranched alkanes of at least 4 members (excludes halogenated alkanes) is 13. The molecule has 0 aliphatic heterocycles. The number of Topliss-reactive ketones (excluding diaryl/α,β-unsaturated/α-hetero) is 2. The molecular weight excluding hydrogens is 676 g/mol. The summed E-state index contributed by atoms with van der Waals surface area (Å²) in [6, 6.07) is -1.09. The van der Waals surface area contributed by atoms with Gasteiger partial charge in [-0.05, 0) is 25.7 Å². The fourth-order valence-electron chi connectivity index (χ4n) is 5.22. The van der Waals surface area contributed by atoms with Gasteiger partial charge in [0.2, 0.25) is 11.8 Å². The molecule has 0 aliphatic rings. The highest BCUT2D eigenvalue weighted by Gasteiger charge is 2.20. The smallest absolute Gasteiger partial charge is 0.326 e. The minimum atomic E-state index is -1.15. The van der Waals surface area contributed by atoms with E-state index in [1.807, 2.05) is 0 Å². The van der Waals surface area contributed by atoms with Crippen LogP contribution in [-0.2, 0) is 47.7 Å². The van der Waals surface area contributed by atoms with Crippen LogP contribution in [0.5, 0.6) is 0 Å². The van der Waals surface area contributed by atoms with Gasteiger partial charge in [0, 0.05) is 45.3 Å². The van der Waals surface area contributed by atoms with Crippen molar-refractivity contribution in [3.05, 3.63) is 0 Å². The Morgan fingerprint density at radius 1 is 0.500 bits per heavy atom. The lowest BCUT2D eigenvalue weighted by Gasteiger charge is -2.14. The highest BCUT2D eigenvalue weighted by molar-refractivity contribution is 5.84. The number of nitrogens with one attached hydrogen (secondary N) is 2. The minimum Gasteiger partial charge on any atom is -0.481 e. The van der Waals surface area contributed by atoms with E-state index in [1.165, 1.54) is 44.9 Å². The van der Waals surface area contributed by atoms with E-state index in [2.05, 4.69) is 10.6 Å². The van der Waals surface area contributed by atoms with Gasteiger partial charge >= 0.3 is 11.9 Å². The van der Waals surface area contributed by atoms with E-state index in [0.717, 1.165) is 38.5 Å². The average Bonchev–Trinajstić information content (AvgIpc) is 3.11. The molecule has 0 bridgehead atoms. The second-order valence-electron chi connectivity index (χ2n) is 13.1. The third-order valence-corrected chi connectivity index (χ3v) is 8.34. The number of aliphatic carboxylic acids is 2. The number of hydrogen-bond donors (Lipinski definition) is 4. The highest BCUT2D eigenvalue weighted by atomic mass is 16.5. The number of ketones is 2. The maximum Gasteiger partial charge on any atom is 0.326 e. The van der Waals surface area contributed by atoms with E-state index in [1.54, 1.807) is 6.92 Å². The quantitative estimate of drug-likeness (QED) is 0.0600. The molecule has 302 valence electrons. The summed E-state index contributed by atoms with van der Waals surface area (Å²) in [5.74, 6) is -2.50. The van der Waals surface area contributed by atoms with E-state index < -0.39 is 18.0 Å². The normalized spacial score (nSPS) is 11.6. The zero-order valence-corrected chi connectivity index (χ0v) is 31.8. The van der Waals surface area contributed by atoms with Crippen molar-refractivity contribution >= 4 is 35.3 Å². The Kier molecular flexibility index (Phi) is 34.4. The number of carbonyl (C=O) groups is 6. The Hall–Kier alpha value is -2.94. The first-order valence-electron chi connectivity index (χ1n) is 19.5. The molecule has 0 aromatic carbocycles. The first kappa shape index (κ1) is 49.1. The van der Waals surface area contributed by atoms with Crippen LogP contribution in [0, 0.1) is 0 Å². The van der Waals surface area contributed by atoms with Crippen molar-refractivity contribution in [3.8, 4) is 0 Å². The Bertz CT molecular complexity index is 962. The van der Waals surface area contributed by atoms with Gasteiger partial charge in [0.15, 0.2) is 5.78 Å². The number of carbonyl (C=O) groups excluding carboxylic acids is 4. The van der Waals surface area contributed by atoms with E-state index in [-0.39, 0.29) is 81.9 Å². The number of rotatable bonds is 40. The molecule has 1 atom stereocenters. The fourth-order valence-corrected chi connectivity index (χ4v) is 5.22. The van der Waals surface area contributed by atoms with E-state index >= 15 is 0 Å². The summed E-state index contributed by atoms with van der Waals surface area (Å²) < 4.78 is 21.2. The summed E-state index contributed by atoms with van der Waals surface area (Å²) in [5.41, 5.74) is 0. The molecule has 0 radical (unpaired) electrons. The molecule has 0 aromatic rings. The molecule has 14 heteroatoms. The lowest BCUT2D eigenvalue weighted by molar-refractivity contribution is -0.142. The maximum atomic E-state index is 12.3. The zero-order valence-electron chi connectivity index (χ0n) is 31.8. The molecule has 0 aliphatic carbocycles. The molecule has 0 saturated carbocycles. The van der Waals surface area contributed by atoms with E-state index in [4.69, 9.17) is 24.1 Å².